The van der Waals surface area contributed by atoms with E-state index in [9.17, 15) is 4.79 Å². The number of aromatic amines is 1. The molecular formula is C10H5Cl2N7O. The Bertz CT molecular complexity index is 786. The third-order valence-corrected chi connectivity index (χ3v) is 2.79. The van der Waals surface area contributed by atoms with E-state index in [1.54, 1.807) is 0 Å². The number of carbonyl (C=O) groups excluding carboxylic acids is 1. The van der Waals surface area contributed by atoms with E-state index < -0.39 is 5.91 Å². The number of hydrogen-bond donors (Lipinski definition) is 2. The smallest absolute Gasteiger partial charge is 0.278 e. The van der Waals surface area contributed by atoms with Gasteiger partial charge in [0.25, 0.3) is 5.91 Å². The number of anilines is 1. The molecule has 3 rings (SSSR count). The molecule has 1 amide bonds. The van der Waals surface area contributed by atoms with Crippen LogP contribution in [0.2, 0.25) is 10.3 Å². The minimum absolute atomic E-state index is 0.0244. The molecule has 0 aliphatic rings. The summed E-state index contributed by atoms with van der Waals surface area (Å²) in [4.78, 5) is 34.2. The normalized spacial score (nSPS) is 10.7. The first kappa shape index (κ1) is 12.7. The van der Waals surface area contributed by atoms with Crippen LogP contribution in [0.1, 0.15) is 10.5 Å². The first-order valence-corrected chi connectivity index (χ1v) is 6.04. The summed E-state index contributed by atoms with van der Waals surface area (Å²) >= 11 is 11.5. The molecule has 3 aromatic heterocycles. The van der Waals surface area contributed by atoms with Crippen molar-refractivity contribution in [1.82, 2.24) is 29.9 Å². The van der Waals surface area contributed by atoms with Gasteiger partial charge in [-0.15, -0.1) is 0 Å². The number of halogens is 2. The molecule has 100 valence electrons. The Labute approximate surface area is 121 Å². The molecule has 0 spiro atoms. The number of fused-ring (bicyclic) bond motifs is 1. The van der Waals surface area contributed by atoms with Crippen molar-refractivity contribution in [1.29, 1.82) is 0 Å². The maximum atomic E-state index is 11.9. The van der Waals surface area contributed by atoms with Gasteiger partial charge in [-0.25, -0.2) is 15.0 Å². The minimum Gasteiger partial charge on any atom is -0.341 e. The standard InChI is InChI=1S/C10H5Cl2N7O/c11-5-2-13-4(1-14-5)9(20)19-10-17-7(12)6-8(18-10)16-3-15-6/h1-3H,(H2,15,16,17,18,19,20). The monoisotopic (exact) mass is 309 g/mol. The van der Waals surface area contributed by atoms with Crippen LogP contribution in [0, 0.1) is 0 Å². The summed E-state index contributed by atoms with van der Waals surface area (Å²) in [5.74, 6) is -0.503. The van der Waals surface area contributed by atoms with E-state index in [4.69, 9.17) is 23.2 Å². The summed E-state index contributed by atoms with van der Waals surface area (Å²) in [6, 6.07) is 0. The van der Waals surface area contributed by atoms with Crippen LogP contribution in [-0.4, -0.2) is 35.8 Å². The molecule has 0 unspecified atom stereocenters. The Kier molecular flexibility index (Phi) is 3.17. The first-order chi connectivity index (χ1) is 9.63. The van der Waals surface area contributed by atoms with Crippen molar-refractivity contribution < 1.29 is 4.79 Å². The van der Waals surface area contributed by atoms with Gasteiger partial charge < -0.3 is 4.98 Å². The number of rotatable bonds is 2. The largest absolute Gasteiger partial charge is 0.341 e. The van der Waals surface area contributed by atoms with Gasteiger partial charge in [0.1, 0.15) is 16.4 Å². The Morgan fingerprint density at radius 1 is 1.15 bits per heavy atom. The van der Waals surface area contributed by atoms with E-state index in [-0.39, 0.29) is 21.9 Å². The Balaban J connectivity index is 1.88. The van der Waals surface area contributed by atoms with E-state index >= 15 is 0 Å². The summed E-state index contributed by atoms with van der Waals surface area (Å²) < 4.78 is 0. The number of hydrogen-bond acceptors (Lipinski definition) is 6. The number of nitrogens with zero attached hydrogens (tertiary/aromatic N) is 5. The number of carbonyl (C=O) groups is 1. The SMILES string of the molecule is O=C(Nc1nc(Cl)c2[nH]cnc2n1)c1cnc(Cl)cn1. The van der Waals surface area contributed by atoms with Crippen LogP contribution in [0.3, 0.4) is 0 Å². The van der Waals surface area contributed by atoms with E-state index in [1.807, 2.05) is 0 Å². The van der Waals surface area contributed by atoms with E-state index in [2.05, 4.69) is 35.2 Å². The number of H-pyrrole nitrogens is 1. The van der Waals surface area contributed by atoms with Crippen molar-refractivity contribution in [2.24, 2.45) is 0 Å². The van der Waals surface area contributed by atoms with E-state index in [0.717, 1.165) is 0 Å². The minimum atomic E-state index is -0.528. The van der Waals surface area contributed by atoms with Gasteiger partial charge in [0.15, 0.2) is 10.8 Å². The van der Waals surface area contributed by atoms with Gasteiger partial charge in [-0.2, -0.15) is 9.97 Å². The molecule has 0 fully saturated rings. The molecule has 0 saturated carbocycles. The highest BCUT2D eigenvalue weighted by Gasteiger charge is 2.13. The van der Waals surface area contributed by atoms with Crippen LogP contribution in [0.25, 0.3) is 11.2 Å². The van der Waals surface area contributed by atoms with Crippen LogP contribution >= 0.6 is 23.2 Å². The second-order valence-electron chi connectivity index (χ2n) is 3.62. The fourth-order valence-electron chi connectivity index (χ4n) is 1.45. The summed E-state index contributed by atoms with van der Waals surface area (Å²) in [6.07, 6.45) is 3.94. The summed E-state index contributed by atoms with van der Waals surface area (Å²) in [7, 11) is 0. The number of aromatic nitrogens is 6. The van der Waals surface area contributed by atoms with Gasteiger partial charge in [-0.1, -0.05) is 23.2 Å². The van der Waals surface area contributed by atoms with Crippen molar-refractivity contribution in [3.63, 3.8) is 0 Å². The number of imidazole rings is 1. The van der Waals surface area contributed by atoms with Gasteiger partial charge >= 0.3 is 0 Å². The van der Waals surface area contributed by atoms with Crippen LogP contribution in [0.4, 0.5) is 5.95 Å². The molecule has 3 aromatic rings. The van der Waals surface area contributed by atoms with E-state index in [0.29, 0.717) is 11.2 Å². The number of amides is 1. The van der Waals surface area contributed by atoms with Gasteiger partial charge in [0.2, 0.25) is 5.95 Å². The Hall–Kier alpha value is -2.32. The predicted octanol–water partition coefficient (Wildman–Crippen LogP) is 1.70. The molecule has 3 heterocycles. The lowest BCUT2D eigenvalue weighted by Gasteiger charge is -2.03. The van der Waals surface area contributed by atoms with Crippen LogP contribution in [0.15, 0.2) is 18.7 Å². The zero-order valence-electron chi connectivity index (χ0n) is 9.63. The van der Waals surface area contributed by atoms with Crippen molar-refractivity contribution in [2.75, 3.05) is 5.32 Å². The van der Waals surface area contributed by atoms with Crippen LogP contribution in [-0.2, 0) is 0 Å². The molecule has 8 nitrogen and oxygen atoms in total. The molecule has 0 radical (unpaired) electrons. The van der Waals surface area contributed by atoms with Gasteiger partial charge in [0, 0.05) is 0 Å². The quantitative estimate of drug-likeness (QED) is 0.697. The van der Waals surface area contributed by atoms with Crippen LogP contribution in [0.5, 0.6) is 0 Å². The molecule has 0 aliphatic heterocycles. The summed E-state index contributed by atoms with van der Waals surface area (Å²) in [6.45, 7) is 0. The second-order valence-corrected chi connectivity index (χ2v) is 4.36. The lowest BCUT2D eigenvalue weighted by atomic mass is 10.4. The number of nitrogens with one attached hydrogen (secondary N) is 2. The van der Waals surface area contributed by atoms with Crippen molar-refractivity contribution in [3.8, 4) is 0 Å². The lowest BCUT2D eigenvalue weighted by Crippen LogP contribution is -2.16. The molecule has 2 N–H and O–H groups in total. The average molecular weight is 310 g/mol. The highest BCUT2D eigenvalue weighted by atomic mass is 35.5. The topological polar surface area (TPSA) is 109 Å². The molecule has 0 bridgehead atoms. The average Bonchev–Trinajstić information content (AvgIpc) is 2.88. The highest BCUT2D eigenvalue weighted by Crippen LogP contribution is 2.18. The van der Waals surface area contributed by atoms with Crippen LogP contribution < -0.4 is 5.32 Å². The van der Waals surface area contributed by atoms with Gasteiger partial charge in [-0.05, 0) is 0 Å². The first-order valence-electron chi connectivity index (χ1n) is 5.29. The molecular weight excluding hydrogens is 305 g/mol. The molecule has 0 aromatic carbocycles. The fourth-order valence-corrected chi connectivity index (χ4v) is 1.77. The Morgan fingerprint density at radius 2 is 2.00 bits per heavy atom. The molecule has 20 heavy (non-hydrogen) atoms. The van der Waals surface area contributed by atoms with Crippen molar-refractivity contribution in [2.45, 2.75) is 0 Å². The molecule has 0 aliphatic carbocycles. The maximum Gasteiger partial charge on any atom is 0.278 e. The second kappa shape index (κ2) is 4.99. The van der Waals surface area contributed by atoms with E-state index in [1.165, 1.54) is 18.7 Å². The van der Waals surface area contributed by atoms with Crippen molar-refractivity contribution >= 4 is 46.2 Å². The Morgan fingerprint density at radius 3 is 2.75 bits per heavy atom. The summed E-state index contributed by atoms with van der Waals surface area (Å²) in [5.41, 5.74) is 0.926. The fraction of sp³-hybridized carbons (Fsp3) is 0. The maximum absolute atomic E-state index is 11.9. The molecule has 0 atom stereocenters. The van der Waals surface area contributed by atoms with Crippen molar-refractivity contribution in [3.05, 3.63) is 34.7 Å². The molecule has 0 saturated heterocycles. The third kappa shape index (κ3) is 2.38. The summed E-state index contributed by atoms with van der Waals surface area (Å²) in [5, 5.41) is 2.81. The zero-order chi connectivity index (χ0) is 14.1. The molecule has 10 heteroatoms. The third-order valence-electron chi connectivity index (χ3n) is 2.32. The zero-order valence-corrected chi connectivity index (χ0v) is 11.1. The lowest BCUT2D eigenvalue weighted by molar-refractivity contribution is 0.102. The van der Waals surface area contributed by atoms with Gasteiger partial charge in [0.05, 0.1) is 18.7 Å². The van der Waals surface area contributed by atoms with Gasteiger partial charge in [-0.3, -0.25) is 10.1 Å². The highest BCUT2D eigenvalue weighted by molar-refractivity contribution is 6.33. The predicted molar refractivity (Wildman–Crippen MR) is 71.7 cm³/mol.